The molecular weight excluding hydrogens is 386 g/mol. The molecule has 0 radical (unpaired) electrons. The molecule has 1 heterocycles. The van der Waals surface area contributed by atoms with Gasteiger partial charge < -0.3 is 15.1 Å². The van der Waals surface area contributed by atoms with E-state index in [0.29, 0.717) is 18.5 Å². The van der Waals surface area contributed by atoms with Crippen molar-refractivity contribution in [2.45, 2.75) is 24.3 Å². The zero-order valence-electron chi connectivity index (χ0n) is 16.7. The molecule has 3 rings (SSSR count). The van der Waals surface area contributed by atoms with Crippen molar-refractivity contribution >= 4 is 35.2 Å². The third-order valence-electron chi connectivity index (χ3n) is 4.76. The largest absolute Gasteiger partial charge is 0.348 e. The Balaban J connectivity index is 1.59. The van der Waals surface area contributed by atoms with Gasteiger partial charge in [0, 0.05) is 44.2 Å². The molecule has 0 unspecified atom stereocenters. The summed E-state index contributed by atoms with van der Waals surface area (Å²) in [7, 11) is 3.43. The number of hydrogen-bond acceptors (Lipinski definition) is 4. The summed E-state index contributed by atoms with van der Waals surface area (Å²) in [5, 5.41) is 2.94. The molecule has 6 nitrogen and oxygen atoms in total. The highest BCUT2D eigenvalue weighted by Crippen LogP contribution is 2.24. The molecule has 0 atom stereocenters. The summed E-state index contributed by atoms with van der Waals surface area (Å²) in [6.45, 7) is 1.16. The minimum Gasteiger partial charge on any atom is -0.348 e. The van der Waals surface area contributed by atoms with Crippen molar-refractivity contribution in [1.29, 1.82) is 0 Å². The smallest absolute Gasteiger partial charge is 0.252 e. The molecule has 0 saturated carbocycles. The molecule has 1 fully saturated rings. The lowest BCUT2D eigenvalue weighted by atomic mass is 10.1. The van der Waals surface area contributed by atoms with E-state index in [9.17, 15) is 14.4 Å². The fraction of sp³-hybridized carbons (Fsp3) is 0.318. The SMILES string of the molecule is CN(C)C(=O)CSc1ccccc1C(=O)NCc1ccc(N2CCCC2=O)cc1. The average Bonchev–Trinajstić information content (AvgIpc) is 3.16. The van der Waals surface area contributed by atoms with Crippen molar-refractivity contribution in [2.24, 2.45) is 0 Å². The van der Waals surface area contributed by atoms with E-state index in [4.69, 9.17) is 0 Å². The topological polar surface area (TPSA) is 69.7 Å². The van der Waals surface area contributed by atoms with E-state index < -0.39 is 0 Å². The molecule has 0 spiro atoms. The van der Waals surface area contributed by atoms with Gasteiger partial charge in [0.05, 0.1) is 11.3 Å². The van der Waals surface area contributed by atoms with Crippen molar-refractivity contribution < 1.29 is 14.4 Å². The molecule has 2 aromatic rings. The fourth-order valence-corrected chi connectivity index (χ4v) is 4.07. The summed E-state index contributed by atoms with van der Waals surface area (Å²) >= 11 is 1.36. The number of nitrogens with zero attached hydrogens (tertiary/aromatic N) is 2. The number of carbonyl (C=O) groups is 3. The Labute approximate surface area is 175 Å². The molecule has 1 aliphatic heterocycles. The van der Waals surface area contributed by atoms with Gasteiger partial charge >= 0.3 is 0 Å². The number of amides is 3. The van der Waals surface area contributed by atoms with Crippen LogP contribution in [0.2, 0.25) is 0 Å². The first-order valence-electron chi connectivity index (χ1n) is 9.55. The summed E-state index contributed by atoms with van der Waals surface area (Å²) in [4.78, 5) is 40.4. The van der Waals surface area contributed by atoms with Crippen LogP contribution in [0.5, 0.6) is 0 Å². The van der Waals surface area contributed by atoms with Crippen molar-refractivity contribution in [3.8, 4) is 0 Å². The molecule has 0 bridgehead atoms. The Hall–Kier alpha value is -2.80. The summed E-state index contributed by atoms with van der Waals surface area (Å²) < 4.78 is 0. The molecule has 1 aliphatic rings. The minimum atomic E-state index is -0.177. The molecule has 29 heavy (non-hydrogen) atoms. The van der Waals surface area contributed by atoms with Gasteiger partial charge in [-0.2, -0.15) is 0 Å². The Kier molecular flexibility index (Phi) is 6.93. The molecule has 1 N–H and O–H groups in total. The predicted octanol–water partition coefficient (Wildman–Crippen LogP) is 2.92. The van der Waals surface area contributed by atoms with Crippen LogP contribution >= 0.6 is 11.8 Å². The molecule has 0 aliphatic carbocycles. The Bertz CT molecular complexity index is 896. The second-order valence-electron chi connectivity index (χ2n) is 7.07. The van der Waals surface area contributed by atoms with Gasteiger partial charge in [-0.1, -0.05) is 24.3 Å². The number of nitrogens with one attached hydrogen (secondary N) is 1. The van der Waals surface area contributed by atoms with Crippen LogP contribution < -0.4 is 10.2 Å². The van der Waals surface area contributed by atoms with Crippen molar-refractivity contribution in [1.82, 2.24) is 10.2 Å². The first-order valence-corrected chi connectivity index (χ1v) is 10.5. The van der Waals surface area contributed by atoms with Crippen LogP contribution in [0.15, 0.2) is 53.4 Å². The van der Waals surface area contributed by atoms with Gasteiger partial charge in [0.2, 0.25) is 11.8 Å². The number of anilines is 1. The molecule has 2 aromatic carbocycles. The normalized spacial score (nSPS) is 13.4. The quantitative estimate of drug-likeness (QED) is 0.712. The van der Waals surface area contributed by atoms with Gasteiger partial charge in [0.1, 0.15) is 0 Å². The summed E-state index contributed by atoms with van der Waals surface area (Å²) in [5.74, 6) is 0.271. The maximum Gasteiger partial charge on any atom is 0.252 e. The summed E-state index contributed by atoms with van der Waals surface area (Å²) in [6, 6.07) is 15.0. The Morgan fingerprint density at radius 2 is 1.83 bits per heavy atom. The van der Waals surface area contributed by atoms with Crippen LogP contribution in [0.1, 0.15) is 28.8 Å². The van der Waals surface area contributed by atoms with Crippen LogP contribution in [-0.4, -0.2) is 49.0 Å². The number of benzene rings is 2. The molecule has 1 saturated heterocycles. The molecule has 3 amide bonds. The van der Waals surface area contributed by atoms with Crippen LogP contribution in [0.3, 0.4) is 0 Å². The van der Waals surface area contributed by atoms with E-state index in [1.807, 2.05) is 42.5 Å². The lowest BCUT2D eigenvalue weighted by molar-refractivity contribution is -0.125. The van der Waals surface area contributed by atoms with E-state index in [0.717, 1.165) is 29.1 Å². The van der Waals surface area contributed by atoms with Crippen LogP contribution in [0.25, 0.3) is 0 Å². The zero-order chi connectivity index (χ0) is 20.8. The van der Waals surface area contributed by atoms with E-state index in [1.165, 1.54) is 16.7 Å². The van der Waals surface area contributed by atoms with Gasteiger partial charge in [-0.25, -0.2) is 0 Å². The number of carbonyl (C=O) groups excluding carboxylic acids is 3. The van der Waals surface area contributed by atoms with E-state index in [2.05, 4.69) is 5.32 Å². The van der Waals surface area contributed by atoms with Crippen LogP contribution in [0.4, 0.5) is 5.69 Å². The minimum absolute atomic E-state index is 0.00165. The van der Waals surface area contributed by atoms with Crippen molar-refractivity contribution in [3.05, 3.63) is 59.7 Å². The van der Waals surface area contributed by atoms with Gasteiger partial charge in [-0.05, 0) is 36.2 Å². The lowest BCUT2D eigenvalue weighted by Crippen LogP contribution is -2.25. The fourth-order valence-electron chi connectivity index (χ4n) is 3.04. The zero-order valence-corrected chi connectivity index (χ0v) is 17.5. The average molecular weight is 412 g/mol. The predicted molar refractivity (Wildman–Crippen MR) is 115 cm³/mol. The standard InChI is InChI=1S/C22H25N3O3S/c1-24(2)21(27)15-29-19-7-4-3-6-18(19)22(28)23-14-16-9-11-17(12-10-16)25-13-5-8-20(25)26/h3-4,6-7,9-12H,5,8,13-15H2,1-2H3,(H,23,28). The second kappa shape index (κ2) is 9.60. The Morgan fingerprint density at radius 3 is 2.48 bits per heavy atom. The Morgan fingerprint density at radius 1 is 1.10 bits per heavy atom. The number of thioether (sulfide) groups is 1. The highest BCUT2D eigenvalue weighted by molar-refractivity contribution is 8.00. The van der Waals surface area contributed by atoms with Gasteiger partial charge in [-0.3, -0.25) is 14.4 Å². The summed E-state index contributed by atoms with van der Waals surface area (Å²) in [5.41, 5.74) is 2.42. The molecule has 152 valence electrons. The van der Waals surface area contributed by atoms with Gasteiger partial charge in [-0.15, -0.1) is 11.8 Å². The first-order chi connectivity index (χ1) is 14.0. The van der Waals surface area contributed by atoms with Gasteiger partial charge in [0.25, 0.3) is 5.91 Å². The molecule has 7 heteroatoms. The monoisotopic (exact) mass is 411 g/mol. The van der Waals surface area contributed by atoms with Gasteiger partial charge in [0.15, 0.2) is 0 Å². The maximum absolute atomic E-state index is 12.7. The van der Waals surface area contributed by atoms with E-state index in [1.54, 1.807) is 25.1 Å². The third kappa shape index (κ3) is 5.38. The van der Waals surface area contributed by atoms with Crippen LogP contribution in [-0.2, 0) is 16.1 Å². The number of hydrogen-bond donors (Lipinski definition) is 1. The third-order valence-corrected chi connectivity index (χ3v) is 5.81. The molecule has 0 aromatic heterocycles. The van der Waals surface area contributed by atoms with Crippen molar-refractivity contribution in [3.63, 3.8) is 0 Å². The van der Waals surface area contributed by atoms with Crippen LogP contribution in [0, 0.1) is 0 Å². The maximum atomic E-state index is 12.7. The van der Waals surface area contributed by atoms with E-state index in [-0.39, 0.29) is 23.5 Å². The van der Waals surface area contributed by atoms with E-state index >= 15 is 0 Å². The number of rotatable bonds is 7. The second-order valence-corrected chi connectivity index (χ2v) is 8.09. The lowest BCUT2D eigenvalue weighted by Gasteiger charge is -2.16. The van der Waals surface area contributed by atoms with Crippen molar-refractivity contribution in [2.75, 3.05) is 31.3 Å². The highest BCUT2D eigenvalue weighted by Gasteiger charge is 2.21. The molecular formula is C22H25N3O3S. The highest BCUT2D eigenvalue weighted by atomic mass is 32.2. The first kappa shape index (κ1) is 20.9. The summed E-state index contributed by atoms with van der Waals surface area (Å²) in [6.07, 6.45) is 1.50.